The SMILES string of the molecule is C[C@@H](N[C@@H]1CCCC[C@@H]1C=O)C1=CCCC=C1. The summed E-state index contributed by atoms with van der Waals surface area (Å²) in [6.45, 7) is 2.21. The molecule has 0 bridgehead atoms. The van der Waals surface area contributed by atoms with E-state index in [1.54, 1.807) is 0 Å². The second-order valence-corrected chi connectivity index (χ2v) is 5.26. The lowest BCUT2D eigenvalue weighted by Gasteiger charge is -2.32. The van der Waals surface area contributed by atoms with Crippen molar-refractivity contribution in [1.82, 2.24) is 5.32 Å². The molecule has 2 aliphatic carbocycles. The van der Waals surface area contributed by atoms with Crippen LogP contribution in [0.15, 0.2) is 23.8 Å². The summed E-state index contributed by atoms with van der Waals surface area (Å²) in [7, 11) is 0. The number of hydrogen-bond acceptors (Lipinski definition) is 2. The zero-order valence-electron chi connectivity index (χ0n) is 10.7. The molecule has 0 aromatic carbocycles. The van der Waals surface area contributed by atoms with Gasteiger partial charge in [-0.05, 0) is 38.2 Å². The molecule has 0 spiro atoms. The largest absolute Gasteiger partial charge is 0.307 e. The van der Waals surface area contributed by atoms with Crippen molar-refractivity contribution in [2.24, 2.45) is 5.92 Å². The van der Waals surface area contributed by atoms with E-state index in [2.05, 4.69) is 30.5 Å². The molecule has 2 nitrogen and oxygen atoms in total. The highest BCUT2D eigenvalue weighted by Crippen LogP contribution is 2.24. The molecule has 1 N–H and O–H groups in total. The molecular weight excluding hydrogens is 210 g/mol. The lowest BCUT2D eigenvalue weighted by Crippen LogP contribution is -2.44. The van der Waals surface area contributed by atoms with Gasteiger partial charge in [0.2, 0.25) is 0 Å². The number of carbonyl (C=O) groups is 1. The Morgan fingerprint density at radius 3 is 2.88 bits per heavy atom. The van der Waals surface area contributed by atoms with Gasteiger partial charge in [0, 0.05) is 18.0 Å². The van der Waals surface area contributed by atoms with Gasteiger partial charge in [-0.15, -0.1) is 0 Å². The third-order valence-electron chi connectivity index (χ3n) is 3.98. The Morgan fingerprint density at radius 2 is 2.18 bits per heavy atom. The molecule has 94 valence electrons. The van der Waals surface area contributed by atoms with Crippen LogP contribution in [-0.4, -0.2) is 18.4 Å². The molecule has 0 aromatic rings. The van der Waals surface area contributed by atoms with Crippen LogP contribution in [0.5, 0.6) is 0 Å². The molecule has 0 heterocycles. The molecule has 2 rings (SSSR count). The summed E-state index contributed by atoms with van der Waals surface area (Å²) in [5.41, 5.74) is 1.38. The summed E-state index contributed by atoms with van der Waals surface area (Å²) in [5.74, 6) is 0.222. The minimum Gasteiger partial charge on any atom is -0.307 e. The van der Waals surface area contributed by atoms with Crippen LogP contribution in [0.25, 0.3) is 0 Å². The molecule has 0 aromatic heterocycles. The highest BCUT2D eigenvalue weighted by Gasteiger charge is 2.26. The van der Waals surface area contributed by atoms with Crippen molar-refractivity contribution in [2.75, 3.05) is 0 Å². The van der Waals surface area contributed by atoms with Gasteiger partial charge in [-0.1, -0.05) is 31.1 Å². The van der Waals surface area contributed by atoms with Gasteiger partial charge in [-0.3, -0.25) is 0 Å². The predicted octanol–water partition coefficient (Wildman–Crippen LogP) is 3.00. The zero-order valence-corrected chi connectivity index (χ0v) is 10.7. The fourth-order valence-corrected chi connectivity index (χ4v) is 2.90. The Balaban J connectivity index is 1.92. The summed E-state index contributed by atoms with van der Waals surface area (Å²) in [4.78, 5) is 11.1. The summed E-state index contributed by atoms with van der Waals surface area (Å²) in [6, 6.07) is 0.754. The minimum absolute atomic E-state index is 0.222. The molecule has 0 aliphatic heterocycles. The highest BCUT2D eigenvalue weighted by atomic mass is 16.1. The Labute approximate surface area is 104 Å². The van der Waals surface area contributed by atoms with E-state index in [0.29, 0.717) is 12.1 Å². The maximum Gasteiger partial charge on any atom is 0.124 e. The zero-order chi connectivity index (χ0) is 12.1. The van der Waals surface area contributed by atoms with Crippen molar-refractivity contribution in [2.45, 2.75) is 57.5 Å². The molecule has 1 fully saturated rings. The lowest BCUT2D eigenvalue weighted by atomic mass is 9.84. The first kappa shape index (κ1) is 12.6. The van der Waals surface area contributed by atoms with Crippen molar-refractivity contribution in [1.29, 1.82) is 0 Å². The molecule has 17 heavy (non-hydrogen) atoms. The summed E-state index contributed by atoms with van der Waals surface area (Å²) in [6.07, 6.45) is 14.9. The van der Waals surface area contributed by atoms with Crippen LogP contribution < -0.4 is 5.32 Å². The van der Waals surface area contributed by atoms with Crippen LogP contribution in [0.2, 0.25) is 0 Å². The second kappa shape index (κ2) is 6.15. The number of hydrogen-bond donors (Lipinski definition) is 1. The van der Waals surface area contributed by atoms with Crippen LogP contribution in [0.3, 0.4) is 0 Å². The third kappa shape index (κ3) is 3.29. The molecule has 2 aliphatic rings. The van der Waals surface area contributed by atoms with Gasteiger partial charge in [0.05, 0.1) is 0 Å². The van der Waals surface area contributed by atoms with Gasteiger partial charge < -0.3 is 10.1 Å². The number of aldehydes is 1. The Bertz CT molecular complexity index is 319. The topological polar surface area (TPSA) is 29.1 Å². The average molecular weight is 233 g/mol. The van der Waals surface area contributed by atoms with Crippen molar-refractivity contribution >= 4 is 6.29 Å². The van der Waals surface area contributed by atoms with Gasteiger partial charge in [0.15, 0.2) is 0 Å². The van der Waals surface area contributed by atoms with E-state index in [0.717, 1.165) is 32.0 Å². The van der Waals surface area contributed by atoms with Gasteiger partial charge >= 0.3 is 0 Å². The van der Waals surface area contributed by atoms with E-state index in [4.69, 9.17) is 0 Å². The molecule has 2 heteroatoms. The Kier molecular flexibility index (Phi) is 4.55. The fraction of sp³-hybridized carbons (Fsp3) is 0.667. The van der Waals surface area contributed by atoms with E-state index >= 15 is 0 Å². The summed E-state index contributed by atoms with van der Waals surface area (Å²) >= 11 is 0. The van der Waals surface area contributed by atoms with Crippen molar-refractivity contribution in [3.63, 3.8) is 0 Å². The van der Waals surface area contributed by atoms with Gasteiger partial charge in [-0.25, -0.2) is 0 Å². The third-order valence-corrected chi connectivity index (χ3v) is 3.98. The number of nitrogens with one attached hydrogen (secondary N) is 1. The summed E-state index contributed by atoms with van der Waals surface area (Å²) < 4.78 is 0. The van der Waals surface area contributed by atoms with Crippen LogP contribution in [0.1, 0.15) is 45.4 Å². The molecule has 3 atom stereocenters. The average Bonchev–Trinajstić information content (AvgIpc) is 2.40. The molecule has 0 saturated heterocycles. The monoisotopic (exact) mass is 233 g/mol. The lowest BCUT2D eigenvalue weighted by molar-refractivity contribution is -0.112. The van der Waals surface area contributed by atoms with E-state index in [1.807, 2.05) is 0 Å². The van der Waals surface area contributed by atoms with Gasteiger partial charge in [0.25, 0.3) is 0 Å². The molecule has 0 radical (unpaired) electrons. The predicted molar refractivity (Wildman–Crippen MR) is 70.9 cm³/mol. The number of allylic oxidation sites excluding steroid dienone is 2. The highest BCUT2D eigenvalue weighted by molar-refractivity contribution is 5.55. The Morgan fingerprint density at radius 1 is 1.35 bits per heavy atom. The van der Waals surface area contributed by atoms with Crippen molar-refractivity contribution in [3.8, 4) is 0 Å². The van der Waals surface area contributed by atoms with Crippen molar-refractivity contribution < 1.29 is 4.79 Å². The van der Waals surface area contributed by atoms with Crippen molar-refractivity contribution in [3.05, 3.63) is 23.8 Å². The van der Waals surface area contributed by atoms with E-state index < -0.39 is 0 Å². The van der Waals surface area contributed by atoms with Gasteiger partial charge in [-0.2, -0.15) is 0 Å². The maximum atomic E-state index is 11.1. The number of carbonyl (C=O) groups excluding carboxylic acids is 1. The number of rotatable bonds is 4. The first-order valence-electron chi connectivity index (χ1n) is 6.89. The molecular formula is C15H23NO. The summed E-state index contributed by atoms with van der Waals surface area (Å²) in [5, 5.41) is 3.64. The van der Waals surface area contributed by atoms with Crippen LogP contribution in [-0.2, 0) is 4.79 Å². The van der Waals surface area contributed by atoms with Gasteiger partial charge in [0.1, 0.15) is 6.29 Å². The van der Waals surface area contributed by atoms with E-state index in [-0.39, 0.29) is 5.92 Å². The first-order chi connectivity index (χ1) is 8.31. The maximum absolute atomic E-state index is 11.1. The van der Waals surface area contributed by atoms with Crippen LogP contribution in [0.4, 0.5) is 0 Å². The first-order valence-corrected chi connectivity index (χ1v) is 6.89. The van der Waals surface area contributed by atoms with Crippen LogP contribution >= 0.6 is 0 Å². The standard InChI is InChI=1S/C15H23NO/c1-12(13-7-3-2-4-8-13)16-15-10-6-5-9-14(15)11-17/h3,7-8,11-12,14-16H,2,4-6,9-10H2,1H3/t12-,14-,15-/m1/s1. The minimum atomic E-state index is 0.222. The fourth-order valence-electron chi connectivity index (χ4n) is 2.90. The quantitative estimate of drug-likeness (QED) is 0.756. The smallest absolute Gasteiger partial charge is 0.124 e. The molecule has 0 amide bonds. The Hall–Kier alpha value is -0.890. The molecule has 0 unspecified atom stereocenters. The second-order valence-electron chi connectivity index (χ2n) is 5.26. The normalized spacial score (nSPS) is 30.8. The van der Waals surface area contributed by atoms with E-state index in [1.165, 1.54) is 18.4 Å². The molecule has 1 saturated carbocycles. The van der Waals surface area contributed by atoms with E-state index in [9.17, 15) is 4.79 Å². The van der Waals surface area contributed by atoms with Crippen LogP contribution in [0, 0.1) is 5.92 Å².